The maximum absolute atomic E-state index is 6.48. The van der Waals surface area contributed by atoms with Crippen molar-refractivity contribution in [1.29, 1.82) is 0 Å². The van der Waals surface area contributed by atoms with Gasteiger partial charge < -0.3 is 4.43 Å². The lowest BCUT2D eigenvalue weighted by Gasteiger charge is -2.37. The van der Waals surface area contributed by atoms with Gasteiger partial charge in [0.25, 0.3) is 0 Å². The lowest BCUT2D eigenvalue weighted by Crippen LogP contribution is -2.40. The van der Waals surface area contributed by atoms with E-state index in [-0.39, 0.29) is 5.04 Å². The fourth-order valence-corrected chi connectivity index (χ4v) is 3.23. The molecule has 0 amide bonds. The Kier molecular flexibility index (Phi) is 6.73. The number of aryl methyl sites for hydroxylation is 1. The smallest absolute Gasteiger partial charge is 0.250 e. The Bertz CT molecular complexity index is 469. The molecule has 0 aliphatic carbocycles. The van der Waals surface area contributed by atoms with Crippen molar-refractivity contribution in [3.8, 4) is 0 Å². The maximum atomic E-state index is 6.48. The molecule has 1 aromatic rings. The number of allylic oxidation sites excluding steroid dienone is 2. The quantitative estimate of drug-likeness (QED) is 0.400. The fraction of sp³-hybridized carbons (Fsp3) is 0.556. The summed E-state index contributed by atoms with van der Waals surface area (Å²) in [5.41, 5.74) is 1.36. The molecule has 1 nitrogen and oxygen atoms in total. The van der Waals surface area contributed by atoms with Gasteiger partial charge in [0.2, 0.25) is 8.32 Å². The van der Waals surface area contributed by atoms with Crippen LogP contribution in [0, 0.1) is 0 Å². The van der Waals surface area contributed by atoms with E-state index in [2.05, 4.69) is 87.1 Å². The van der Waals surface area contributed by atoms with E-state index in [1.54, 1.807) is 0 Å². The Balaban J connectivity index is 2.71. The molecule has 1 aromatic carbocycles. The predicted octanol–water partition coefficient (Wildman–Crippen LogP) is 6.70. The Morgan fingerprint density at radius 3 is 2.24 bits per heavy atom. The van der Waals surface area contributed by atoms with Crippen molar-refractivity contribution >= 4 is 24.2 Å². The highest BCUT2D eigenvalue weighted by Gasteiger charge is 2.39. The zero-order valence-electron chi connectivity index (χ0n) is 14.3. The van der Waals surface area contributed by atoms with Gasteiger partial charge in [-0.1, -0.05) is 55.8 Å². The molecule has 0 N–H and O–H groups in total. The van der Waals surface area contributed by atoms with Gasteiger partial charge in [0.05, 0.1) is 5.76 Å². The van der Waals surface area contributed by atoms with Crippen LogP contribution in [0.5, 0.6) is 0 Å². The van der Waals surface area contributed by atoms with Gasteiger partial charge >= 0.3 is 0 Å². The molecule has 0 aromatic heterocycles. The molecular weight excluding hydrogens is 340 g/mol. The maximum Gasteiger partial charge on any atom is 0.250 e. The second-order valence-electron chi connectivity index (χ2n) is 7.07. The molecule has 0 radical (unpaired) electrons. The highest BCUT2D eigenvalue weighted by atomic mass is 79.9. The van der Waals surface area contributed by atoms with Crippen LogP contribution in [0.3, 0.4) is 0 Å². The number of halogens is 1. The molecule has 0 spiro atoms. The minimum Gasteiger partial charge on any atom is -0.547 e. The molecule has 118 valence electrons. The van der Waals surface area contributed by atoms with Crippen LogP contribution < -0.4 is 0 Å². The summed E-state index contributed by atoms with van der Waals surface area (Å²) in [6, 6.07) is 8.57. The van der Waals surface area contributed by atoms with E-state index < -0.39 is 8.32 Å². The van der Waals surface area contributed by atoms with Crippen molar-refractivity contribution in [2.24, 2.45) is 0 Å². The van der Waals surface area contributed by atoms with Crippen LogP contribution in [0.4, 0.5) is 0 Å². The van der Waals surface area contributed by atoms with Crippen molar-refractivity contribution < 1.29 is 4.43 Å². The summed E-state index contributed by atoms with van der Waals surface area (Å²) in [6.07, 6.45) is 5.30. The van der Waals surface area contributed by atoms with Gasteiger partial charge in [-0.15, -0.1) is 0 Å². The number of hydrogen-bond donors (Lipinski definition) is 0. The van der Waals surface area contributed by atoms with Gasteiger partial charge in [0.1, 0.15) is 0 Å². The van der Waals surface area contributed by atoms with E-state index >= 15 is 0 Å². The molecule has 0 saturated heterocycles. The average molecular weight is 369 g/mol. The van der Waals surface area contributed by atoms with Crippen LogP contribution in [-0.2, 0) is 10.8 Å². The summed E-state index contributed by atoms with van der Waals surface area (Å²) in [6.45, 7) is 13.7. The lowest BCUT2D eigenvalue weighted by molar-refractivity contribution is 0.364. The van der Waals surface area contributed by atoms with Crippen molar-refractivity contribution in [3.05, 3.63) is 46.1 Å². The average Bonchev–Trinajstić information content (AvgIpc) is 2.36. The van der Waals surface area contributed by atoms with Crippen molar-refractivity contribution in [2.45, 2.75) is 65.1 Å². The van der Waals surface area contributed by atoms with E-state index in [1.807, 2.05) is 0 Å². The third-order valence-electron chi connectivity index (χ3n) is 4.20. The molecule has 0 heterocycles. The minimum absolute atomic E-state index is 0.247. The Labute approximate surface area is 140 Å². The van der Waals surface area contributed by atoms with Gasteiger partial charge in [-0.05, 0) is 54.7 Å². The number of rotatable bonds is 6. The molecule has 21 heavy (non-hydrogen) atoms. The van der Waals surface area contributed by atoms with Crippen LogP contribution in [0.25, 0.3) is 0 Å². The zero-order valence-corrected chi connectivity index (χ0v) is 16.9. The van der Waals surface area contributed by atoms with Crippen LogP contribution >= 0.6 is 15.9 Å². The molecule has 0 atom stereocenters. The summed E-state index contributed by atoms with van der Waals surface area (Å²) in [5, 5.41) is 0.247. The van der Waals surface area contributed by atoms with Crippen molar-refractivity contribution in [1.82, 2.24) is 0 Å². The summed E-state index contributed by atoms with van der Waals surface area (Å²) in [5.74, 6) is 1.17. The van der Waals surface area contributed by atoms with Crippen LogP contribution in [0.1, 0.15) is 46.1 Å². The fourth-order valence-electron chi connectivity index (χ4n) is 1.82. The van der Waals surface area contributed by atoms with E-state index in [0.717, 1.165) is 23.7 Å². The first kappa shape index (κ1) is 18.5. The topological polar surface area (TPSA) is 9.23 Å². The summed E-state index contributed by atoms with van der Waals surface area (Å²) >= 11 is 3.48. The Morgan fingerprint density at radius 1 is 1.19 bits per heavy atom. The summed E-state index contributed by atoms with van der Waals surface area (Å²) in [7, 11) is -1.73. The second-order valence-corrected chi connectivity index (χ2v) is 12.7. The Hall–Kier alpha value is -0.543. The highest BCUT2D eigenvalue weighted by molar-refractivity contribution is 9.10. The van der Waals surface area contributed by atoms with Gasteiger partial charge in [-0.2, -0.15) is 0 Å². The molecule has 0 aliphatic rings. The third-order valence-corrected chi connectivity index (χ3v) is 9.11. The van der Waals surface area contributed by atoms with Crippen molar-refractivity contribution in [2.75, 3.05) is 0 Å². The summed E-state index contributed by atoms with van der Waals surface area (Å²) in [4.78, 5) is 0. The molecule has 0 unspecified atom stereocenters. The minimum atomic E-state index is -1.73. The van der Waals surface area contributed by atoms with Crippen LogP contribution in [-0.4, -0.2) is 8.32 Å². The largest absolute Gasteiger partial charge is 0.547 e. The van der Waals surface area contributed by atoms with Crippen molar-refractivity contribution in [3.63, 3.8) is 0 Å². The van der Waals surface area contributed by atoms with Gasteiger partial charge in [-0.25, -0.2) is 0 Å². The number of benzene rings is 1. The van der Waals surface area contributed by atoms with E-state index in [0.29, 0.717) is 0 Å². The standard InChI is InChI=1S/C18H29BrOSi/c1-7-8-17(20-21(5,6)18(2,3)4)14-11-15-9-12-16(19)13-10-15/h8-10,12-13H,7,11,14H2,1-6H3/b17-8-. The van der Waals surface area contributed by atoms with E-state index in [4.69, 9.17) is 4.43 Å². The monoisotopic (exact) mass is 368 g/mol. The Morgan fingerprint density at radius 2 is 1.76 bits per heavy atom. The molecule has 0 saturated carbocycles. The SMILES string of the molecule is CC/C=C(/CCc1ccc(Br)cc1)O[Si](C)(C)C(C)(C)C. The van der Waals surface area contributed by atoms with Gasteiger partial charge in [0.15, 0.2) is 0 Å². The normalized spacial score (nSPS) is 13.4. The van der Waals surface area contributed by atoms with Crippen LogP contribution in [0.15, 0.2) is 40.6 Å². The first-order valence-electron chi connectivity index (χ1n) is 7.78. The molecule has 0 bridgehead atoms. The second kappa shape index (κ2) is 7.64. The molecular formula is C18H29BrOSi. The first-order valence-corrected chi connectivity index (χ1v) is 11.5. The molecule has 0 fully saturated rings. The van der Waals surface area contributed by atoms with Gasteiger partial charge in [0, 0.05) is 10.9 Å². The molecule has 1 rings (SSSR count). The number of hydrogen-bond acceptors (Lipinski definition) is 1. The van der Waals surface area contributed by atoms with Crippen LogP contribution in [0.2, 0.25) is 18.1 Å². The zero-order chi connectivity index (χ0) is 16.1. The lowest BCUT2D eigenvalue weighted by atomic mass is 10.1. The summed E-state index contributed by atoms with van der Waals surface area (Å²) < 4.78 is 7.61. The van der Waals surface area contributed by atoms with E-state index in [9.17, 15) is 0 Å². The molecule has 3 heteroatoms. The molecule has 0 aliphatic heterocycles. The van der Waals surface area contributed by atoms with E-state index in [1.165, 1.54) is 11.3 Å². The highest BCUT2D eigenvalue weighted by Crippen LogP contribution is 2.38. The third kappa shape index (κ3) is 5.99. The predicted molar refractivity (Wildman–Crippen MR) is 99.1 cm³/mol. The first-order chi connectivity index (χ1) is 9.65. The van der Waals surface area contributed by atoms with Gasteiger partial charge in [-0.3, -0.25) is 0 Å².